The molecule has 0 unspecified atom stereocenters. The molecule has 6 heteroatoms. The molecule has 1 aliphatic rings. The van der Waals surface area contributed by atoms with Crippen molar-refractivity contribution in [1.29, 1.82) is 0 Å². The van der Waals surface area contributed by atoms with E-state index < -0.39 is 0 Å². The summed E-state index contributed by atoms with van der Waals surface area (Å²) in [6.07, 6.45) is 9.62. The number of aromatic nitrogens is 2. The monoisotopic (exact) mass is 343 g/mol. The summed E-state index contributed by atoms with van der Waals surface area (Å²) < 4.78 is 0. The Labute approximate surface area is 146 Å². The van der Waals surface area contributed by atoms with Crippen LogP contribution in [0.1, 0.15) is 31.4 Å². The lowest BCUT2D eigenvalue weighted by Crippen LogP contribution is -2.27. The molecule has 0 saturated heterocycles. The van der Waals surface area contributed by atoms with E-state index in [1.165, 1.54) is 12.6 Å². The van der Waals surface area contributed by atoms with Gasteiger partial charge in [-0.25, -0.2) is 4.98 Å². The van der Waals surface area contributed by atoms with Crippen molar-refractivity contribution in [3.8, 4) is 0 Å². The maximum atomic E-state index is 6.02. The molecule has 0 amide bonds. The molecule has 1 saturated carbocycles. The standard InChI is InChI=1S/C18H22ClN5/c19-14-3-4-16-17(8-14)24-18(11-23-16)13(9-21)10-22-15-6-12(7-15)2-1-5-20/h3-4,8-12,15H,1-2,5-7,20-21H2. The third-order valence-corrected chi connectivity index (χ3v) is 4.67. The summed E-state index contributed by atoms with van der Waals surface area (Å²) >= 11 is 6.02. The highest BCUT2D eigenvalue weighted by atomic mass is 35.5. The van der Waals surface area contributed by atoms with Crippen LogP contribution in [0.15, 0.2) is 35.6 Å². The van der Waals surface area contributed by atoms with Crippen LogP contribution in [-0.4, -0.2) is 28.8 Å². The molecule has 0 atom stereocenters. The van der Waals surface area contributed by atoms with E-state index in [0.717, 1.165) is 48.3 Å². The first-order valence-electron chi connectivity index (χ1n) is 8.27. The molecule has 1 aromatic carbocycles. The Morgan fingerprint density at radius 3 is 2.92 bits per heavy atom. The van der Waals surface area contributed by atoms with E-state index in [-0.39, 0.29) is 0 Å². The van der Waals surface area contributed by atoms with Gasteiger partial charge in [0.05, 0.1) is 29.0 Å². The molecule has 5 nitrogen and oxygen atoms in total. The molecular formula is C18H22ClN5. The lowest BCUT2D eigenvalue weighted by molar-refractivity contribution is 0.249. The molecule has 1 fully saturated rings. The van der Waals surface area contributed by atoms with Gasteiger partial charge < -0.3 is 11.5 Å². The number of fused-ring (bicyclic) bond motifs is 1. The molecule has 0 radical (unpaired) electrons. The van der Waals surface area contributed by atoms with Crippen molar-refractivity contribution in [3.63, 3.8) is 0 Å². The van der Waals surface area contributed by atoms with Crippen LogP contribution in [0.5, 0.6) is 0 Å². The number of nitrogens with two attached hydrogens (primary N) is 2. The van der Waals surface area contributed by atoms with Gasteiger partial charge in [-0.2, -0.15) is 0 Å². The van der Waals surface area contributed by atoms with E-state index in [1.54, 1.807) is 18.3 Å². The second-order valence-electron chi connectivity index (χ2n) is 6.21. The number of hydrogen-bond donors (Lipinski definition) is 2. The van der Waals surface area contributed by atoms with Crippen LogP contribution in [0.4, 0.5) is 0 Å². The summed E-state index contributed by atoms with van der Waals surface area (Å²) in [6.45, 7) is 0.773. The molecule has 0 aliphatic heterocycles. The van der Waals surface area contributed by atoms with E-state index in [4.69, 9.17) is 23.1 Å². The van der Waals surface area contributed by atoms with Gasteiger partial charge in [-0.15, -0.1) is 0 Å². The Hall–Kier alpha value is -1.98. The van der Waals surface area contributed by atoms with Gasteiger partial charge in [-0.1, -0.05) is 11.6 Å². The number of nitrogens with zero attached hydrogens (tertiary/aromatic N) is 3. The Bertz CT molecular complexity index is 765. The van der Waals surface area contributed by atoms with E-state index in [1.807, 2.05) is 12.3 Å². The molecular weight excluding hydrogens is 322 g/mol. The van der Waals surface area contributed by atoms with Gasteiger partial charge in [-0.3, -0.25) is 9.98 Å². The number of hydrogen-bond acceptors (Lipinski definition) is 5. The van der Waals surface area contributed by atoms with Crippen LogP contribution in [0.2, 0.25) is 5.02 Å². The third kappa shape index (κ3) is 3.91. The van der Waals surface area contributed by atoms with Crippen LogP contribution in [0, 0.1) is 5.92 Å². The molecule has 3 rings (SSSR count). The largest absolute Gasteiger partial charge is 0.404 e. The second-order valence-corrected chi connectivity index (χ2v) is 6.65. The fourth-order valence-electron chi connectivity index (χ4n) is 2.97. The molecule has 4 N–H and O–H groups in total. The van der Waals surface area contributed by atoms with Crippen molar-refractivity contribution >= 4 is 34.4 Å². The van der Waals surface area contributed by atoms with Crippen LogP contribution in [0.25, 0.3) is 16.6 Å². The summed E-state index contributed by atoms with van der Waals surface area (Å²) in [5, 5.41) is 0.638. The predicted octanol–water partition coefficient (Wildman–Crippen LogP) is 3.17. The Balaban J connectivity index is 1.68. The molecule has 24 heavy (non-hydrogen) atoms. The van der Waals surface area contributed by atoms with E-state index in [9.17, 15) is 0 Å². The zero-order chi connectivity index (χ0) is 16.9. The molecule has 0 bridgehead atoms. The smallest absolute Gasteiger partial charge is 0.0922 e. The zero-order valence-electron chi connectivity index (χ0n) is 13.5. The average Bonchev–Trinajstić information content (AvgIpc) is 2.55. The maximum absolute atomic E-state index is 6.02. The van der Waals surface area contributed by atoms with Gasteiger partial charge in [-0.05, 0) is 56.3 Å². The Morgan fingerprint density at radius 1 is 1.33 bits per heavy atom. The first-order chi connectivity index (χ1) is 11.7. The average molecular weight is 344 g/mol. The van der Waals surface area contributed by atoms with Crippen LogP contribution in [0.3, 0.4) is 0 Å². The van der Waals surface area contributed by atoms with Crippen LogP contribution in [-0.2, 0) is 0 Å². The fraction of sp³-hybridized carbons (Fsp3) is 0.389. The van der Waals surface area contributed by atoms with Gasteiger partial charge >= 0.3 is 0 Å². The molecule has 1 aromatic heterocycles. The number of aliphatic imine (C=N–C) groups is 1. The minimum Gasteiger partial charge on any atom is -0.404 e. The number of benzene rings is 1. The number of halogens is 1. The van der Waals surface area contributed by atoms with Crippen molar-refractivity contribution in [2.45, 2.75) is 31.7 Å². The minimum atomic E-state index is 0.380. The van der Waals surface area contributed by atoms with E-state index in [0.29, 0.717) is 16.8 Å². The molecule has 0 spiro atoms. The molecule has 1 heterocycles. The first-order valence-corrected chi connectivity index (χ1v) is 8.65. The van der Waals surface area contributed by atoms with Crippen LogP contribution < -0.4 is 11.5 Å². The summed E-state index contributed by atoms with van der Waals surface area (Å²) in [5.41, 5.74) is 14.3. The normalized spacial score (nSPS) is 21.3. The minimum absolute atomic E-state index is 0.380. The van der Waals surface area contributed by atoms with Gasteiger partial charge in [0.25, 0.3) is 0 Å². The van der Waals surface area contributed by atoms with Crippen molar-refractivity contribution in [2.24, 2.45) is 22.4 Å². The summed E-state index contributed by atoms with van der Waals surface area (Å²) in [6, 6.07) is 5.83. The Kier molecular flexibility index (Phi) is 5.43. The van der Waals surface area contributed by atoms with Crippen molar-refractivity contribution < 1.29 is 0 Å². The number of rotatable bonds is 6. The topological polar surface area (TPSA) is 90.2 Å². The van der Waals surface area contributed by atoms with Crippen molar-refractivity contribution in [1.82, 2.24) is 9.97 Å². The first kappa shape index (κ1) is 16.9. The zero-order valence-corrected chi connectivity index (χ0v) is 14.3. The Morgan fingerprint density at radius 2 is 2.17 bits per heavy atom. The lowest BCUT2D eigenvalue weighted by Gasteiger charge is -2.32. The maximum Gasteiger partial charge on any atom is 0.0922 e. The highest BCUT2D eigenvalue weighted by molar-refractivity contribution is 6.31. The SMILES string of the molecule is NC=C(C=NC1CC(CCCN)C1)c1cnc2ccc(Cl)cc2n1. The van der Waals surface area contributed by atoms with Crippen molar-refractivity contribution in [3.05, 3.63) is 41.3 Å². The summed E-state index contributed by atoms with van der Waals surface area (Å²) in [7, 11) is 0. The highest BCUT2D eigenvalue weighted by Crippen LogP contribution is 2.33. The highest BCUT2D eigenvalue weighted by Gasteiger charge is 2.27. The van der Waals surface area contributed by atoms with Crippen molar-refractivity contribution in [2.75, 3.05) is 6.54 Å². The molecule has 126 valence electrons. The molecule has 1 aliphatic carbocycles. The van der Waals surface area contributed by atoms with Gasteiger partial charge in [0.1, 0.15) is 0 Å². The summed E-state index contributed by atoms with van der Waals surface area (Å²) in [5.74, 6) is 0.767. The van der Waals surface area contributed by atoms with E-state index in [2.05, 4.69) is 15.0 Å². The van der Waals surface area contributed by atoms with E-state index >= 15 is 0 Å². The molecule has 2 aromatic rings. The quantitative estimate of drug-likeness (QED) is 0.788. The predicted molar refractivity (Wildman–Crippen MR) is 100 cm³/mol. The van der Waals surface area contributed by atoms with Crippen LogP contribution >= 0.6 is 11.6 Å². The fourth-order valence-corrected chi connectivity index (χ4v) is 3.13. The second kappa shape index (κ2) is 7.73. The number of allylic oxidation sites excluding steroid dienone is 1. The van der Waals surface area contributed by atoms with Gasteiger partial charge in [0.15, 0.2) is 0 Å². The lowest BCUT2D eigenvalue weighted by atomic mass is 9.78. The van der Waals surface area contributed by atoms with Gasteiger partial charge in [0, 0.05) is 23.0 Å². The van der Waals surface area contributed by atoms with Gasteiger partial charge in [0.2, 0.25) is 0 Å². The third-order valence-electron chi connectivity index (χ3n) is 4.43. The summed E-state index contributed by atoms with van der Waals surface area (Å²) in [4.78, 5) is 13.6.